The third-order valence-electron chi connectivity index (χ3n) is 4.50. The summed E-state index contributed by atoms with van der Waals surface area (Å²) >= 11 is 1.73. The Labute approximate surface area is 146 Å². The highest BCUT2D eigenvalue weighted by atomic mass is 32.1. The lowest BCUT2D eigenvalue weighted by molar-refractivity contribution is 0.115. The topological polar surface area (TPSA) is 38.2 Å². The molecule has 3 heterocycles. The van der Waals surface area contributed by atoms with Crippen LogP contribution >= 0.6 is 11.3 Å². The van der Waals surface area contributed by atoms with E-state index in [9.17, 15) is 0 Å². The first kappa shape index (κ1) is 15.5. The molecule has 0 saturated carbocycles. The van der Waals surface area contributed by atoms with E-state index in [-0.39, 0.29) is 0 Å². The SMILES string of the molecule is CCN(C[C@@H]1CCCO1)c1ncnc2sc(-c3ccccc3)cc12. The number of fused-ring (bicyclic) bond motifs is 1. The Morgan fingerprint density at radius 3 is 2.88 bits per heavy atom. The van der Waals surface area contributed by atoms with E-state index in [0.29, 0.717) is 6.10 Å². The molecule has 0 bridgehead atoms. The van der Waals surface area contributed by atoms with Crippen molar-refractivity contribution in [1.29, 1.82) is 0 Å². The van der Waals surface area contributed by atoms with Gasteiger partial charge >= 0.3 is 0 Å². The van der Waals surface area contributed by atoms with Crippen LogP contribution in [0, 0.1) is 0 Å². The van der Waals surface area contributed by atoms with E-state index in [1.807, 2.05) is 6.07 Å². The van der Waals surface area contributed by atoms with Crippen LogP contribution in [0.2, 0.25) is 0 Å². The number of anilines is 1. The Hall–Kier alpha value is -1.98. The molecule has 24 heavy (non-hydrogen) atoms. The lowest BCUT2D eigenvalue weighted by atomic mass is 10.2. The molecule has 0 aliphatic carbocycles. The maximum atomic E-state index is 5.81. The van der Waals surface area contributed by atoms with Gasteiger partial charge in [-0.05, 0) is 31.4 Å². The molecule has 1 saturated heterocycles. The summed E-state index contributed by atoms with van der Waals surface area (Å²) in [5, 5.41) is 1.14. The van der Waals surface area contributed by atoms with Crippen molar-refractivity contribution in [2.24, 2.45) is 0 Å². The number of hydrogen-bond donors (Lipinski definition) is 0. The third-order valence-corrected chi connectivity index (χ3v) is 5.59. The molecule has 1 atom stereocenters. The summed E-state index contributed by atoms with van der Waals surface area (Å²) in [5.74, 6) is 1.02. The summed E-state index contributed by atoms with van der Waals surface area (Å²) in [5.41, 5.74) is 1.23. The number of ether oxygens (including phenoxy) is 1. The first-order valence-corrected chi connectivity index (χ1v) is 9.33. The third kappa shape index (κ3) is 3.01. The van der Waals surface area contributed by atoms with Crippen molar-refractivity contribution in [3.63, 3.8) is 0 Å². The van der Waals surface area contributed by atoms with Crippen molar-refractivity contribution in [3.05, 3.63) is 42.7 Å². The van der Waals surface area contributed by atoms with Crippen LogP contribution in [0.5, 0.6) is 0 Å². The van der Waals surface area contributed by atoms with Gasteiger partial charge in [-0.25, -0.2) is 9.97 Å². The molecule has 4 rings (SSSR count). The highest BCUT2D eigenvalue weighted by molar-refractivity contribution is 7.21. The Bertz CT molecular complexity index is 812. The predicted octanol–water partition coefficient (Wildman–Crippen LogP) is 4.36. The zero-order valence-electron chi connectivity index (χ0n) is 13.8. The molecule has 0 unspecified atom stereocenters. The number of rotatable bonds is 5. The molecule has 1 aliphatic heterocycles. The number of thiophene rings is 1. The van der Waals surface area contributed by atoms with Gasteiger partial charge in [-0.1, -0.05) is 30.3 Å². The van der Waals surface area contributed by atoms with Crippen molar-refractivity contribution in [3.8, 4) is 10.4 Å². The predicted molar refractivity (Wildman–Crippen MR) is 99.7 cm³/mol. The molecule has 0 spiro atoms. The summed E-state index contributed by atoms with van der Waals surface area (Å²) in [4.78, 5) is 13.7. The number of likely N-dealkylation sites (N-methyl/N-ethyl adjacent to an activating group) is 1. The summed E-state index contributed by atoms with van der Waals surface area (Å²) in [6.45, 7) is 4.88. The Morgan fingerprint density at radius 1 is 1.25 bits per heavy atom. The van der Waals surface area contributed by atoms with Crippen molar-refractivity contribution >= 4 is 27.4 Å². The first-order chi connectivity index (χ1) is 11.8. The van der Waals surface area contributed by atoms with E-state index in [1.54, 1.807) is 17.7 Å². The second-order valence-electron chi connectivity index (χ2n) is 6.07. The average Bonchev–Trinajstić information content (AvgIpc) is 3.29. The lowest BCUT2D eigenvalue weighted by Crippen LogP contribution is -2.32. The van der Waals surface area contributed by atoms with Crippen molar-refractivity contribution < 1.29 is 4.74 Å². The summed E-state index contributed by atoms with van der Waals surface area (Å²) in [6.07, 6.45) is 4.31. The normalized spacial score (nSPS) is 17.5. The number of hydrogen-bond acceptors (Lipinski definition) is 5. The van der Waals surface area contributed by atoms with Crippen LogP contribution in [-0.4, -0.2) is 35.8 Å². The zero-order chi connectivity index (χ0) is 16.4. The molecule has 2 aromatic heterocycles. The van der Waals surface area contributed by atoms with Gasteiger partial charge in [-0.15, -0.1) is 11.3 Å². The molecule has 0 N–H and O–H groups in total. The molecular formula is C19H21N3OS. The summed E-state index contributed by atoms with van der Waals surface area (Å²) in [7, 11) is 0. The molecule has 4 nitrogen and oxygen atoms in total. The monoisotopic (exact) mass is 339 g/mol. The number of aromatic nitrogens is 2. The van der Waals surface area contributed by atoms with Crippen LogP contribution in [0.1, 0.15) is 19.8 Å². The van der Waals surface area contributed by atoms with Gasteiger partial charge in [0, 0.05) is 24.6 Å². The van der Waals surface area contributed by atoms with Crippen LogP contribution in [0.4, 0.5) is 5.82 Å². The van der Waals surface area contributed by atoms with Crippen molar-refractivity contribution in [2.75, 3.05) is 24.6 Å². The van der Waals surface area contributed by atoms with Gasteiger partial charge in [-0.2, -0.15) is 0 Å². The molecular weight excluding hydrogens is 318 g/mol. The number of nitrogens with zero attached hydrogens (tertiary/aromatic N) is 3. The van der Waals surface area contributed by atoms with E-state index in [1.165, 1.54) is 10.4 Å². The molecule has 1 aromatic carbocycles. The van der Waals surface area contributed by atoms with E-state index in [4.69, 9.17) is 4.74 Å². The summed E-state index contributed by atoms with van der Waals surface area (Å²) < 4.78 is 5.81. The van der Waals surface area contributed by atoms with E-state index < -0.39 is 0 Å². The lowest BCUT2D eigenvalue weighted by Gasteiger charge is -2.25. The quantitative estimate of drug-likeness (QED) is 0.692. The van der Waals surface area contributed by atoms with E-state index in [0.717, 1.165) is 48.6 Å². The van der Waals surface area contributed by atoms with E-state index in [2.05, 4.69) is 52.1 Å². The fourth-order valence-electron chi connectivity index (χ4n) is 3.24. The molecule has 0 radical (unpaired) electrons. The zero-order valence-corrected chi connectivity index (χ0v) is 14.6. The second-order valence-corrected chi connectivity index (χ2v) is 7.10. The van der Waals surface area contributed by atoms with Gasteiger partial charge in [0.05, 0.1) is 11.5 Å². The molecule has 5 heteroatoms. The fourth-order valence-corrected chi connectivity index (χ4v) is 4.24. The maximum absolute atomic E-state index is 5.81. The molecule has 3 aromatic rings. The van der Waals surface area contributed by atoms with Gasteiger partial charge in [0.25, 0.3) is 0 Å². The maximum Gasteiger partial charge on any atom is 0.140 e. The Balaban J connectivity index is 1.70. The van der Waals surface area contributed by atoms with Crippen LogP contribution < -0.4 is 4.90 Å². The van der Waals surface area contributed by atoms with Gasteiger partial charge in [0.1, 0.15) is 17.0 Å². The highest BCUT2D eigenvalue weighted by Crippen LogP contribution is 2.36. The smallest absolute Gasteiger partial charge is 0.140 e. The van der Waals surface area contributed by atoms with Gasteiger partial charge < -0.3 is 9.64 Å². The van der Waals surface area contributed by atoms with Gasteiger partial charge in [0.15, 0.2) is 0 Å². The van der Waals surface area contributed by atoms with Crippen molar-refractivity contribution in [2.45, 2.75) is 25.9 Å². The molecule has 124 valence electrons. The first-order valence-electron chi connectivity index (χ1n) is 8.51. The average molecular weight is 339 g/mol. The minimum Gasteiger partial charge on any atom is -0.376 e. The minimum absolute atomic E-state index is 0.321. The van der Waals surface area contributed by atoms with Crippen LogP contribution in [0.3, 0.4) is 0 Å². The second kappa shape index (κ2) is 6.87. The van der Waals surface area contributed by atoms with E-state index >= 15 is 0 Å². The van der Waals surface area contributed by atoms with Crippen molar-refractivity contribution in [1.82, 2.24) is 9.97 Å². The fraction of sp³-hybridized carbons (Fsp3) is 0.368. The van der Waals surface area contributed by atoms with Gasteiger partial charge in [0.2, 0.25) is 0 Å². The standard InChI is InChI=1S/C19H21N3OS/c1-2-22(12-15-9-6-10-23-15)18-16-11-17(14-7-4-3-5-8-14)24-19(16)21-13-20-18/h3-5,7-8,11,13,15H,2,6,9-10,12H2,1H3/t15-/m0/s1. The minimum atomic E-state index is 0.321. The van der Waals surface area contributed by atoms with Gasteiger partial charge in [-0.3, -0.25) is 0 Å². The summed E-state index contributed by atoms with van der Waals surface area (Å²) in [6, 6.07) is 12.7. The van der Waals surface area contributed by atoms with Crippen LogP contribution in [0.25, 0.3) is 20.7 Å². The molecule has 1 aliphatic rings. The largest absolute Gasteiger partial charge is 0.376 e. The van der Waals surface area contributed by atoms with Crippen LogP contribution in [-0.2, 0) is 4.74 Å². The van der Waals surface area contributed by atoms with Crippen LogP contribution in [0.15, 0.2) is 42.7 Å². The number of benzene rings is 1. The highest BCUT2D eigenvalue weighted by Gasteiger charge is 2.21. The Morgan fingerprint density at radius 2 is 2.12 bits per heavy atom. The Kier molecular flexibility index (Phi) is 4.45. The molecule has 0 amide bonds. The molecule has 1 fully saturated rings.